The van der Waals surface area contributed by atoms with E-state index in [2.05, 4.69) is 4.74 Å². The number of ether oxygens (including phenoxy) is 1. The van der Waals surface area contributed by atoms with Crippen molar-refractivity contribution in [3.8, 4) is 5.75 Å². The predicted octanol–water partition coefficient (Wildman–Crippen LogP) is 2.44. The summed E-state index contributed by atoms with van der Waals surface area (Å²) < 4.78 is 40.8. The van der Waals surface area contributed by atoms with Gasteiger partial charge >= 0.3 is 12.6 Å². The maximum absolute atomic E-state index is 13.2. The zero-order valence-corrected chi connectivity index (χ0v) is 8.12. The van der Waals surface area contributed by atoms with Gasteiger partial charge in [-0.3, -0.25) is 4.79 Å². The van der Waals surface area contributed by atoms with Gasteiger partial charge in [-0.1, -0.05) is 6.07 Å². The first-order valence-electron chi connectivity index (χ1n) is 4.44. The third kappa shape index (κ3) is 3.80. The van der Waals surface area contributed by atoms with E-state index in [1.807, 2.05) is 0 Å². The lowest BCUT2D eigenvalue weighted by atomic mass is 10.1. The molecule has 6 heteroatoms. The van der Waals surface area contributed by atoms with Crippen LogP contribution in [-0.2, 0) is 11.2 Å². The smallest absolute Gasteiger partial charge is 0.387 e. The topological polar surface area (TPSA) is 46.5 Å². The summed E-state index contributed by atoms with van der Waals surface area (Å²) in [5.41, 5.74) is 0.156. The summed E-state index contributed by atoms with van der Waals surface area (Å²) in [6, 6.07) is 3.21. The number of carboxylic acid groups (broad SMARTS) is 1. The number of benzene rings is 1. The van der Waals surface area contributed by atoms with Crippen LogP contribution in [0.1, 0.15) is 12.0 Å². The Morgan fingerprint density at radius 3 is 2.62 bits per heavy atom. The first-order valence-corrected chi connectivity index (χ1v) is 4.44. The summed E-state index contributed by atoms with van der Waals surface area (Å²) >= 11 is 0. The summed E-state index contributed by atoms with van der Waals surface area (Å²) in [6.45, 7) is -3.01. The Bertz CT molecular complexity index is 380. The molecule has 0 aliphatic carbocycles. The molecule has 0 unspecified atom stereocenters. The fourth-order valence-electron chi connectivity index (χ4n) is 1.15. The summed E-state index contributed by atoms with van der Waals surface area (Å²) in [5, 5.41) is 8.39. The number of rotatable bonds is 5. The summed E-state index contributed by atoms with van der Waals surface area (Å²) in [4.78, 5) is 10.3. The van der Waals surface area contributed by atoms with Crippen molar-refractivity contribution < 1.29 is 27.8 Å². The largest absolute Gasteiger partial charge is 0.481 e. The fourth-order valence-corrected chi connectivity index (χ4v) is 1.15. The van der Waals surface area contributed by atoms with E-state index >= 15 is 0 Å². The van der Waals surface area contributed by atoms with Crippen molar-refractivity contribution in [2.24, 2.45) is 0 Å². The Balaban J connectivity index is 2.71. The normalized spacial score (nSPS) is 10.5. The lowest BCUT2D eigenvalue weighted by molar-refractivity contribution is -0.136. The maximum Gasteiger partial charge on any atom is 0.387 e. The first-order chi connectivity index (χ1) is 7.49. The van der Waals surface area contributed by atoms with Crippen molar-refractivity contribution in [2.45, 2.75) is 19.5 Å². The van der Waals surface area contributed by atoms with Gasteiger partial charge in [0, 0.05) is 12.5 Å². The lowest BCUT2D eigenvalue weighted by Gasteiger charge is -2.06. The molecular formula is C10H9F3O3. The second-order valence-electron chi connectivity index (χ2n) is 3.03. The van der Waals surface area contributed by atoms with Crippen LogP contribution in [-0.4, -0.2) is 17.7 Å². The molecule has 0 radical (unpaired) electrons. The molecule has 0 fully saturated rings. The number of carboxylic acids is 1. The van der Waals surface area contributed by atoms with E-state index in [9.17, 15) is 18.0 Å². The highest BCUT2D eigenvalue weighted by atomic mass is 19.3. The van der Waals surface area contributed by atoms with Crippen molar-refractivity contribution in [3.63, 3.8) is 0 Å². The average molecular weight is 234 g/mol. The molecule has 1 rings (SSSR count). The van der Waals surface area contributed by atoms with Crippen LogP contribution < -0.4 is 4.74 Å². The van der Waals surface area contributed by atoms with Crippen LogP contribution in [0.5, 0.6) is 5.75 Å². The molecule has 88 valence electrons. The SMILES string of the molecule is O=C(O)CCc1ccc(OC(F)F)cc1F. The van der Waals surface area contributed by atoms with Crippen LogP contribution in [0.25, 0.3) is 0 Å². The molecule has 0 aromatic heterocycles. The van der Waals surface area contributed by atoms with Crippen molar-refractivity contribution in [2.75, 3.05) is 0 Å². The number of alkyl halides is 2. The van der Waals surface area contributed by atoms with Crippen molar-refractivity contribution in [1.29, 1.82) is 0 Å². The summed E-state index contributed by atoms with van der Waals surface area (Å²) in [7, 11) is 0. The monoisotopic (exact) mass is 234 g/mol. The Morgan fingerprint density at radius 2 is 2.12 bits per heavy atom. The van der Waals surface area contributed by atoms with E-state index in [1.54, 1.807) is 0 Å². The minimum Gasteiger partial charge on any atom is -0.481 e. The van der Waals surface area contributed by atoms with E-state index in [0.717, 1.165) is 6.07 Å². The number of halogens is 3. The van der Waals surface area contributed by atoms with Gasteiger partial charge in [0.2, 0.25) is 0 Å². The minimum atomic E-state index is -3.01. The molecule has 0 heterocycles. The molecule has 0 atom stereocenters. The van der Waals surface area contributed by atoms with E-state index in [1.165, 1.54) is 12.1 Å². The van der Waals surface area contributed by atoms with Crippen molar-refractivity contribution >= 4 is 5.97 Å². The van der Waals surface area contributed by atoms with Crippen molar-refractivity contribution in [1.82, 2.24) is 0 Å². The Labute approximate surface area is 89.5 Å². The zero-order valence-electron chi connectivity index (χ0n) is 8.12. The number of aliphatic carboxylic acids is 1. The van der Waals surface area contributed by atoms with Crippen LogP contribution in [0.4, 0.5) is 13.2 Å². The lowest BCUT2D eigenvalue weighted by Crippen LogP contribution is -2.03. The Kier molecular flexibility index (Phi) is 4.16. The molecule has 0 bridgehead atoms. The Morgan fingerprint density at radius 1 is 1.44 bits per heavy atom. The second-order valence-corrected chi connectivity index (χ2v) is 3.03. The van der Waals surface area contributed by atoms with E-state index in [0.29, 0.717) is 0 Å². The molecule has 1 aromatic carbocycles. The van der Waals surface area contributed by atoms with Gasteiger partial charge in [0.25, 0.3) is 0 Å². The molecule has 1 aromatic rings. The van der Waals surface area contributed by atoms with E-state index in [-0.39, 0.29) is 24.2 Å². The number of aryl methyl sites for hydroxylation is 1. The van der Waals surface area contributed by atoms with Gasteiger partial charge in [0.15, 0.2) is 0 Å². The highest BCUT2D eigenvalue weighted by Gasteiger charge is 2.09. The molecule has 0 spiro atoms. The molecule has 16 heavy (non-hydrogen) atoms. The third-order valence-corrected chi connectivity index (χ3v) is 1.86. The van der Waals surface area contributed by atoms with Crippen LogP contribution in [0.15, 0.2) is 18.2 Å². The van der Waals surface area contributed by atoms with Crippen LogP contribution >= 0.6 is 0 Å². The van der Waals surface area contributed by atoms with Crippen molar-refractivity contribution in [3.05, 3.63) is 29.6 Å². The molecule has 3 nitrogen and oxygen atoms in total. The fraction of sp³-hybridized carbons (Fsp3) is 0.300. The third-order valence-electron chi connectivity index (χ3n) is 1.86. The minimum absolute atomic E-state index is 0.0100. The van der Waals surface area contributed by atoms with Crippen LogP contribution in [0, 0.1) is 5.82 Å². The van der Waals surface area contributed by atoms with E-state index < -0.39 is 18.4 Å². The van der Waals surface area contributed by atoms with E-state index in [4.69, 9.17) is 5.11 Å². The summed E-state index contributed by atoms with van der Waals surface area (Å²) in [6.07, 6.45) is -0.206. The highest BCUT2D eigenvalue weighted by molar-refractivity contribution is 5.67. The molecule has 0 aliphatic rings. The zero-order chi connectivity index (χ0) is 12.1. The molecular weight excluding hydrogens is 225 g/mol. The van der Waals surface area contributed by atoms with Gasteiger partial charge in [-0.15, -0.1) is 0 Å². The van der Waals surface area contributed by atoms with Gasteiger partial charge in [-0.25, -0.2) is 4.39 Å². The quantitative estimate of drug-likeness (QED) is 0.851. The molecule has 0 amide bonds. The van der Waals surface area contributed by atoms with Gasteiger partial charge in [0.05, 0.1) is 0 Å². The highest BCUT2D eigenvalue weighted by Crippen LogP contribution is 2.19. The first kappa shape index (κ1) is 12.4. The number of hydrogen-bond donors (Lipinski definition) is 1. The van der Waals surface area contributed by atoms with Crippen LogP contribution in [0.3, 0.4) is 0 Å². The standard InChI is InChI=1S/C10H9F3O3/c11-8-5-7(16-10(12)13)3-1-6(8)2-4-9(14)15/h1,3,5,10H,2,4H2,(H,14,15). The maximum atomic E-state index is 13.2. The van der Waals surface area contributed by atoms with Gasteiger partial charge < -0.3 is 9.84 Å². The average Bonchev–Trinajstić information content (AvgIpc) is 2.15. The Hall–Kier alpha value is -1.72. The predicted molar refractivity (Wildman–Crippen MR) is 49.0 cm³/mol. The number of hydrogen-bond acceptors (Lipinski definition) is 2. The molecule has 0 saturated carbocycles. The molecule has 0 saturated heterocycles. The van der Waals surface area contributed by atoms with Crippen LogP contribution in [0.2, 0.25) is 0 Å². The number of carbonyl (C=O) groups is 1. The van der Waals surface area contributed by atoms with Gasteiger partial charge in [-0.2, -0.15) is 8.78 Å². The van der Waals surface area contributed by atoms with Gasteiger partial charge in [0.1, 0.15) is 11.6 Å². The molecule has 1 N–H and O–H groups in total. The summed E-state index contributed by atoms with van der Waals surface area (Å²) in [5.74, 6) is -2.08. The van der Waals surface area contributed by atoms with Gasteiger partial charge in [-0.05, 0) is 18.1 Å². The second kappa shape index (κ2) is 5.39. The molecule has 0 aliphatic heterocycles.